The lowest BCUT2D eigenvalue weighted by molar-refractivity contribution is -0.131. The Bertz CT molecular complexity index is 803. The number of pyridine rings is 1. The van der Waals surface area contributed by atoms with Crippen LogP contribution in [-0.4, -0.2) is 54.4 Å². The van der Waals surface area contributed by atoms with Crippen molar-refractivity contribution >= 4 is 23.3 Å². The number of piperazine rings is 1. The molecule has 1 aromatic carbocycles. The minimum atomic E-state index is -0.877. The van der Waals surface area contributed by atoms with Crippen molar-refractivity contribution in [3.8, 4) is 0 Å². The number of para-hydroxylation sites is 1. The summed E-state index contributed by atoms with van der Waals surface area (Å²) in [5, 5.41) is 0. The highest BCUT2D eigenvalue weighted by molar-refractivity contribution is 5.97. The number of amides is 2. The largest absolute Gasteiger partial charge is 0.353 e. The van der Waals surface area contributed by atoms with Crippen LogP contribution in [0, 0.1) is 11.6 Å². The second kappa shape index (κ2) is 8.11. The van der Waals surface area contributed by atoms with Gasteiger partial charge < -0.3 is 9.80 Å². The predicted octanol–water partition coefficient (Wildman–Crippen LogP) is 2.06. The monoisotopic (exact) mass is 374 g/mol. The maximum Gasteiger partial charge on any atom is 0.242 e. The summed E-state index contributed by atoms with van der Waals surface area (Å²) >= 11 is 0. The van der Waals surface area contributed by atoms with Crippen molar-refractivity contribution in [2.75, 3.05) is 42.5 Å². The molecule has 27 heavy (non-hydrogen) atoms. The van der Waals surface area contributed by atoms with E-state index in [1.165, 1.54) is 13.0 Å². The third-order valence-electron chi connectivity index (χ3n) is 4.49. The smallest absolute Gasteiger partial charge is 0.242 e. The number of hydrogen-bond acceptors (Lipinski definition) is 4. The zero-order chi connectivity index (χ0) is 19.4. The van der Waals surface area contributed by atoms with Gasteiger partial charge in [-0.3, -0.25) is 14.5 Å². The standard InChI is InChI=1S/C19H20F2N4O2/c1-14(26)25(19-15(20)5-4-6-16(19)21)13-18(27)24-11-9-23(10-12-24)17-7-2-3-8-22-17/h2-8H,9-13H2,1H3. The molecule has 0 aliphatic carbocycles. The van der Waals surface area contributed by atoms with Crippen LogP contribution >= 0.6 is 0 Å². The van der Waals surface area contributed by atoms with Gasteiger partial charge in [-0.25, -0.2) is 13.8 Å². The number of anilines is 2. The van der Waals surface area contributed by atoms with E-state index in [0.29, 0.717) is 26.2 Å². The highest BCUT2D eigenvalue weighted by Gasteiger charge is 2.27. The van der Waals surface area contributed by atoms with E-state index in [4.69, 9.17) is 0 Å². The van der Waals surface area contributed by atoms with Crippen LogP contribution in [0.25, 0.3) is 0 Å². The predicted molar refractivity (Wildman–Crippen MR) is 97.4 cm³/mol. The molecule has 3 rings (SSSR count). The Morgan fingerprint density at radius 2 is 1.70 bits per heavy atom. The molecule has 0 radical (unpaired) electrons. The van der Waals surface area contributed by atoms with Crippen LogP contribution in [0.3, 0.4) is 0 Å². The van der Waals surface area contributed by atoms with Gasteiger partial charge in [-0.2, -0.15) is 0 Å². The van der Waals surface area contributed by atoms with E-state index in [2.05, 4.69) is 9.88 Å². The van der Waals surface area contributed by atoms with Crippen LogP contribution in [0.5, 0.6) is 0 Å². The molecular formula is C19H20F2N4O2. The SMILES string of the molecule is CC(=O)N(CC(=O)N1CCN(c2ccccn2)CC1)c1c(F)cccc1F. The number of rotatable bonds is 4. The van der Waals surface area contributed by atoms with Gasteiger partial charge in [0.05, 0.1) is 0 Å². The molecule has 1 fully saturated rings. The maximum absolute atomic E-state index is 14.0. The lowest BCUT2D eigenvalue weighted by atomic mass is 10.2. The number of halogens is 2. The van der Waals surface area contributed by atoms with Crippen molar-refractivity contribution in [1.82, 2.24) is 9.88 Å². The van der Waals surface area contributed by atoms with E-state index >= 15 is 0 Å². The Kier molecular flexibility index (Phi) is 5.63. The van der Waals surface area contributed by atoms with Crippen LogP contribution in [-0.2, 0) is 9.59 Å². The average Bonchev–Trinajstić information content (AvgIpc) is 2.67. The molecule has 0 saturated carbocycles. The molecular weight excluding hydrogens is 354 g/mol. The zero-order valence-electron chi connectivity index (χ0n) is 14.9. The van der Waals surface area contributed by atoms with E-state index in [0.717, 1.165) is 22.9 Å². The van der Waals surface area contributed by atoms with E-state index in [9.17, 15) is 18.4 Å². The minimum absolute atomic E-state index is 0.353. The van der Waals surface area contributed by atoms with Crippen molar-refractivity contribution in [3.05, 3.63) is 54.2 Å². The average molecular weight is 374 g/mol. The van der Waals surface area contributed by atoms with Crippen molar-refractivity contribution in [1.29, 1.82) is 0 Å². The summed E-state index contributed by atoms with van der Waals surface area (Å²) in [5.41, 5.74) is -0.495. The summed E-state index contributed by atoms with van der Waals surface area (Å²) in [6.45, 7) is 2.85. The van der Waals surface area contributed by atoms with Crippen LogP contribution in [0.15, 0.2) is 42.6 Å². The summed E-state index contributed by atoms with van der Waals surface area (Å²) in [4.78, 5) is 33.3. The Balaban J connectivity index is 1.66. The topological polar surface area (TPSA) is 56.8 Å². The summed E-state index contributed by atoms with van der Waals surface area (Å²) in [7, 11) is 0. The first-order valence-corrected chi connectivity index (χ1v) is 8.63. The summed E-state index contributed by atoms with van der Waals surface area (Å²) < 4.78 is 28.0. The highest BCUT2D eigenvalue weighted by Crippen LogP contribution is 2.23. The number of benzene rings is 1. The molecule has 6 nitrogen and oxygen atoms in total. The van der Waals surface area contributed by atoms with Crippen LogP contribution in [0.2, 0.25) is 0 Å². The molecule has 8 heteroatoms. The molecule has 142 valence electrons. The minimum Gasteiger partial charge on any atom is -0.353 e. The molecule has 2 amide bonds. The molecule has 0 unspecified atom stereocenters. The van der Waals surface area contributed by atoms with Crippen LogP contribution < -0.4 is 9.80 Å². The second-order valence-electron chi connectivity index (χ2n) is 6.23. The normalized spacial score (nSPS) is 14.2. The van der Waals surface area contributed by atoms with Gasteiger partial charge in [0.2, 0.25) is 11.8 Å². The molecule has 1 saturated heterocycles. The van der Waals surface area contributed by atoms with Crippen LogP contribution in [0.1, 0.15) is 6.92 Å². The van der Waals surface area contributed by atoms with Gasteiger partial charge in [-0.15, -0.1) is 0 Å². The first kappa shape index (κ1) is 18.8. The highest BCUT2D eigenvalue weighted by atomic mass is 19.1. The molecule has 1 aliphatic heterocycles. The van der Waals surface area contributed by atoms with E-state index in [1.807, 2.05) is 18.2 Å². The van der Waals surface area contributed by atoms with Crippen molar-refractivity contribution in [2.45, 2.75) is 6.92 Å². The zero-order valence-corrected chi connectivity index (χ0v) is 14.9. The number of nitrogens with zero attached hydrogens (tertiary/aromatic N) is 4. The van der Waals surface area contributed by atoms with Gasteiger partial charge in [0.1, 0.15) is 29.7 Å². The van der Waals surface area contributed by atoms with Gasteiger partial charge in [0, 0.05) is 39.3 Å². The Morgan fingerprint density at radius 1 is 1.04 bits per heavy atom. The van der Waals surface area contributed by atoms with Gasteiger partial charge >= 0.3 is 0 Å². The second-order valence-corrected chi connectivity index (χ2v) is 6.23. The molecule has 1 aliphatic rings. The Labute approximate surface area is 156 Å². The van der Waals surface area contributed by atoms with Crippen molar-refractivity contribution < 1.29 is 18.4 Å². The summed E-state index contributed by atoms with van der Waals surface area (Å²) in [5.74, 6) is -1.87. The lowest BCUT2D eigenvalue weighted by Gasteiger charge is -2.36. The fourth-order valence-electron chi connectivity index (χ4n) is 3.06. The molecule has 2 heterocycles. The molecule has 1 aromatic heterocycles. The summed E-state index contributed by atoms with van der Waals surface area (Å²) in [6.07, 6.45) is 1.71. The first-order valence-electron chi connectivity index (χ1n) is 8.63. The molecule has 0 bridgehead atoms. The van der Waals surface area contributed by atoms with Gasteiger partial charge in [-0.1, -0.05) is 12.1 Å². The molecule has 2 aromatic rings. The Morgan fingerprint density at radius 3 is 2.26 bits per heavy atom. The molecule has 0 spiro atoms. The van der Waals surface area contributed by atoms with Crippen LogP contribution in [0.4, 0.5) is 20.3 Å². The molecule has 0 atom stereocenters. The number of carbonyl (C=O) groups is 2. The number of aromatic nitrogens is 1. The van der Waals surface area contributed by atoms with E-state index < -0.39 is 29.8 Å². The van der Waals surface area contributed by atoms with Crippen molar-refractivity contribution in [2.24, 2.45) is 0 Å². The number of hydrogen-bond donors (Lipinski definition) is 0. The number of carbonyl (C=O) groups excluding carboxylic acids is 2. The maximum atomic E-state index is 14.0. The van der Waals surface area contributed by atoms with E-state index in [1.54, 1.807) is 11.1 Å². The quantitative estimate of drug-likeness (QED) is 0.822. The first-order chi connectivity index (χ1) is 13.0. The Hall–Kier alpha value is -3.03. The summed E-state index contributed by atoms with van der Waals surface area (Å²) in [6, 6.07) is 8.96. The van der Waals surface area contributed by atoms with Gasteiger partial charge in [0.15, 0.2) is 0 Å². The third kappa shape index (κ3) is 4.21. The van der Waals surface area contributed by atoms with Crippen molar-refractivity contribution in [3.63, 3.8) is 0 Å². The lowest BCUT2D eigenvalue weighted by Crippen LogP contribution is -2.52. The fourth-order valence-corrected chi connectivity index (χ4v) is 3.06. The molecule has 0 N–H and O–H groups in total. The van der Waals surface area contributed by atoms with Gasteiger partial charge in [-0.05, 0) is 24.3 Å². The third-order valence-corrected chi connectivity index (χ3v) is 4.49. The van der Waals surface area contributed by atoms with E-state index in [-0.39, 0.29) is 5.91 Å². The van der Waals surface area contributed by atoms with Gasteiger partial charge in [0.25, 0.3) is 0 Å². The fraction of sp³-hybridized carbons (Fsp3) is 0.316.